The van der Waals surface area contributed by atoms with Crippen molar-refractivity contribution in [3.05, 3.63) is 66.1 Å². The van der Waals surface area contributed by atoms with Crippen molar-refractivity contribution in [3.8, 4) is 0 Å². The minimum absolute atomic E-state index is 0.0158. The first-order valence-corrected chi connectivity index (χ1v) is 7.54. The van der Waals surface area contributed by atoms with E-state index in [1.807, 2.05) is 0 Å². The highest BCUT2D eigenvalue weighted by atomic mass is 32.2. The zero-order chi connectivity index (χ0) is 15.0. The molecule has 0 bridgehead atoms. The maximum atomic E-state index is 12.9. The fourth-order valence-electron chi connectivity index (χ4n) is 2.20. The van der Waals surface area contributed by atoms with E-state index < -0.39 is 15.8 Å². The summed E-state index contributed by atoms with van der Waals surface area (Å²) in [5.41, 5.74) is 0.824. The molecule has 2 aromatic carbocycles. The molecular formula is C15H10FNO3S. The summed E-state index contributed by atoms with van der Waals surface area (Å²) in [5.74, 6) is -0.505. The Labute approximate surface area is 120 Å². The third-order valence-electron chi connectivity index (χ3n) is 3.23. The zero-order valence-electron chi connectivity index (χ0n) is 10.7. The molecule has 21 heavy (non-hydrogen) atoms. The normalized spacial score (nSPS) is 11.7. The summed E-state index contributed by atoms with van der Waals surface area (Å²) < 4.78 is 39.2. The first kappa shape index (κ1) is 13.5. The molecule has 0 atom stereocenters. The molecule has 6 heteroatoms. The van der Waals surface area contributed by atoms with E-state index in [1.54, 1.807) is 24.3 Å². The minimum atomic E-state index is -3.83. The molecule has 4 nitrogen and oxygen atoms in total. The molecule has 3 rings (SSSR count). The molecule has 106 valence electrons. The second-order valence-electron chi connectivity index (χ2n) is 4.47. The summed E-state index contributed by atoms with van der Waals surface area (Å²) in [6, 6.07) is 11.0. The summed E-state index contributed by atoms with van der Waals surface area (Å²) in [4.78, 5) is 11.0. The van der Waals surface area contributed by atoms with Crippen LogP contribution in [0.3, 0.4) is 0 Å². The van der Waals surface area contributed by atoms with E-state index in [2.05, 4.69) is 0 Å². The van der Waals surface area contributed by atoms with Crippen LogP contribution in [-0.2, 0) is 10.0 Å². The van der Waals surface area contributed by atoms with Crippen LogP contribution in [0.2, 0.25) is 0 Å². The molecule has 0 unspecified atom stereocenters. The molecule has 0 amide bonds. The number of benzene rings is 2. The van der Waals surface area contributed by atoms with Gasteiger partial charge < -0.3 is 0 Å². The van der Waals surface area contributed by atoms with Crippen LogP contribution in [0.5, 0.6) is 0 Å². The third-order valence-corrected chi connectivity index (χ3v) is 4.93. The number of hydrogen-bond donors (Lipinski definition) is 0. The Hall–Kier alpha value is -2.47. The highest BCUT2D eigenvalue weighted by Crippen LogP contribution is 2.24. The van der Waals surface area contributed by atoms with Crippen molar-refractivity contribution in [1.82, 2.24) is 3.97 Å². The predicted molar refractivity (Wildman–Crippen MR) is 76.3 cm³/mol. The van der Waals surface area contributed by atoms with E-state index in [0.29, 0.717) is 22.8 Å². The fourth-order valence-corrected chi connectivity index (χ4v) is 3.55. The number of nitrogens with zero attached hydrogens (tertiary/aromatic N) is 1. The average Bonchev–Trinajstić information content (AvgIpc) is 2.92. The SMILES string of the molecule is O=Cc1cccc2c1ccn2S(=O)(=O)c1ccc(F)cc1. The van der Waals surface area contributed by atoms with Crippen molar-refractivity contribution in [2.75, 3.05) is 0 Å². The van der Waals surface area contributed by atoms with Crippen molar-refractivity contribution < 1.29 is 17.6 Å². The summed E-state index contributed by atoms with van der Waals surface area (Å²) in [5, 5.41) is 0.554. The summed E-state index contributed by atoms with van der Waals surface area (Å²) in [7, 11) is -3.83. The third kappa shape index (κ3) is 2.13. The predicted octanol–water partition coefficient (Wildman–Crippen LogP) is 2.83. The maximum absolute atomic E-state index is 12.9. The molecule has 0 saturated heterocycles. The van der Waals surface area contributed by atoms with Gasteiger partial charge in [-0.15, -0.1) is 0 Å². The molecular weight excluding hydrogens is 293 g/mol. The second kappa shape index (κ2) is 4.82. The number of aldehydes is 1. The van der Waals surface area contributed by atoms with Crippen LogP contribution in [-0.4, -0.2) is 18.7 Å². The van der Waals surface area contributed by atoms with E-state index in [-0.39, 0.29) is 4.90 Å². The van der Waals surface area contributed by atoms with Gasteiger partial charge in [0, 0.05) is 17.1 Å². The quantitative estimate of drug-likeness (QED) is 0.699. The Morgan fingerprint density at radius 1 is 1.00 bits per heavy atom. The molecule has 0 aliphatic rings. The fraction of sp³-hybridized carbons (Fsp3) is 0. The first-order chi connectivity index (χ1) is 10.0. The van der Waals surface area contributed by atoms with Gasteiger partial charge in [-0.1, -0.05) is 12.1 Å². The van der Waals surface area contributed by atoms with Crippen LogP contribution in [0.25, 0.3) is 10.9 Å². The molecule has 0 spiro atoms. The molecule has 0 radical (unpaired) electrons. The highest BCUT2D eigenvalue weighted by molar-refractivity contribution is 7.90. The number of rotatable bonds is 3. The smallest absolute Gasteiger partial charge is 0.268 e. The lowest BCUT2D eigenvalue weighted by Crippen LogP contribution is -2.11. The topological polar surface area (TPSA) is 56.1 Å². The lowest BCUT2D eigenvalue weighted by molar-refractivity contribution is 0.112. The maximum Gasteiger partial charge on any atom is 0.268 e. The van der Waals surface area contributed by atoms with Gasteiger partial charge in [-0.3, -0.25) is 4.79 Å². The minimum Gasteiger partial charge on any atom is -0.298 e. The monoisotopic (exact) mass is 303 g/mol. The van der Waals surface area contributed by atoms with Gasteiger partial charge in [0.2, 0.25) is 0 Å². The Bertz CT molecular complexity index is 927. The summed E-state index contributed by atoms with van der Waals surface area (Å²) >= 11 is 0. The van der Waals surface area contributed by atoms with Gasteiger partial charge in [0.05, 0.1) is 10.4 Å². The number of hydrogen-bond acceptors (Lipinski definition) is 3. The molecule has 0 aliphatic carbocycles. The Kier molecular flexibility index (Phi) is 3.10. The van der Waals surface area contributed by atoms with Crippen LogP contribution in [0, 0.1) is 5.82 Å². The lowest BCUT2D eigenvalue weighted by atomic mass is 10.1. The van der Waals surface area contributed by atoms with Gasteiger partial charge in [0.1, 0.15) is 5.82 Å². The molecule has 0 saturated carbocycles. The molecule has 0 N–H and O–H groups in total. The van der Waals surface area contributed by atoms with Crippen LogP contribution < -0.4 is 0 Å². The number of carbonyl (C=O) groups excluding carboxylic acids is 1. The van der Waals surface area contributed by atoms with E-state index >= 15 is 0 Å². The van der Waals surface area contributed by atoms with Crippen molar-refractivity contribution in [3.63, 3.8) is 0 Å². The molecule has 0 fully saturated rings. The van der Waals surface area contributed by atoms with Gasteiger partial charge >= 0.3 is 0 Å². The number of carbonyl (C=O) groups is 1. The van der Waals surface area contributed by atoms with E-state index in [9.17, 15) is 17.6 Å². The van der Waals surface area contributed by atoms with Crippen molar-refractivity contribution in [2.24, 2.45) is 0 Å². The number of halogens is 1. The van der Waals surface area contributed by atoms with Crippen LogP contribution >= 0.6 is 0 Å². The van der Waals surface area contributed by atoms with Gasteiger partial charge in [0.15, 0.2) is 6.29 Å². The van der Waals surface area contributed by atoms with Crippen LogP contribution in [0.1, 0.15) is 10.4 Å². The van der Waals surface area contributed by atoms with Crippen LogP contribution in [0.15, 0.2) is 59.6 Å². The Morgan fingerprint density at radius 2 is 1.71 bits per heavy atom. The van der Waals surface area contributed by atoms with Crippen molar-refractivity contribution >= 4 is 27.2 Å². The molecule has 1 heterocycles. The number of aromatic nitrogens is 1. The van der Waals surface area contributed by atoms with Crippen molar-refractivity contribution in [2.45, 2.75) is 4.90 Å². The second-order valence-corrected chi connectivity index (χ2v) is 6.28. The average molecular weight is 303 g/mol. The molecule has 1 aromatic heterocycles. The molecule has 0 aliphatic heterocycles. The summed E-state index contributed by atoms with van der Waals surface area (Å²) in [6.07, 6.45) is 2.06. The molecule has 3 aromatic rings. The van der Waals surface area contributed by atoms with Gasteiger partial charge in [-0.05, 0) is 36.4 Å². The number of fused-ring (bicyclic) bond motifs is 1. The highest BCUT2D eigenvalue weighted by Gasteiger charge is 2.19. The van der Waals surface area contributed by atoms with Crippen LogP contribution in [0.4, 0.5) is 4.39 Å². The lowest BCUT2D eigenvalue weighted by Gasteiger charge is -2.07. The van der Waals surface area contributed by atoms with E-state index in [4.69, 9.17) is 0 Å². The first-order valence-electron chi connectivity index (χ1n) is 6.10. The summed E-state index contributed by atoms with van der Waals surface area (Å²) in [6.45, 7) is 0. The van der Waals surface area contributed by atoms with E-state index in [0.717, 1.165) is 16.1 Å². The standard InChI is InChI=1S/C15H10FNO3S/c16-12-4-6-13(7-5-12)21(19,20)17-9-8-14-11(10-18)2-1-3-15(14)17/h1-10H. The largest absolute Gasteiger partial charge is 0.298 e. The van der Waals surface area contributed by atoms with Gasteiger partial charge in [-0.25, -0.2) is 16.8 Å². The zero-order valence-corrected chi connectivity index (χ0v) is 11.5. The van der Waals surface area contributed by atoms with Gasteiger partial charge in [-0.2, -0.15) is 0 Å². The Morgan fingerprint density at radius 3 is 2.38 bits per heavy atom. The van der Waals surface area contributed by atoms with E-state index in [1.165, 1.54) is 18.3 Å². The van der Waals surface area contributed by atoms with Gasteiger partial charge in [0.25, 0.3) is 10.0 Å². The Balaban J connectivity index is 2.24. The van der Waals surface area contributed by atoms with Crippen molar-refractivity contribution in [1.29, 1.82) is 0 Å².